The van der Waals surface area contributed by atoms with Crippen molar-refractivity contribution in [3.05, 3.63) is 59.7 Å². The summed E-state index contributed by atoms with van der Waals surface area (Å²) in [5, 5.41) is 0. The number of aryl methyl sites for hydroxylation is 1. The van der Waals surface area contributed by atoms with Crippen molar-refractivity contribution in [2.24, 2.45) is 0 Å². The molecular formula is C25H32N2O4S. The second kappa shape index (κ2) is 10.1. The van der Waals surface area contributed by atoms with Gasteiger partial charge in [-0.25, -0.2) is 13.1 Å². The molecule has 2 unspecified atom stereocenters. The summed E-state index contributed by atoms with van der Waals surface area (Å²) in [6.45, 7) is 3.20. The molecule has 1 N–H and O–H groups in total. The third-order valence-electron chi connectivity index (χ3n) is 6.47. The number of sulfonamides is 1. The highest BCUT2D eigenvalue weighted by Crippen LogP contribution is 2.29. The molecular weight excluding hydrogens is 424 g/mol. The van der Waals surface area contributed by atoms with Gasteiger partial charge in [-0.2, -0.15) is 0 Å². The van der Waals surface area contributed by atoms with Crippen LogP contribution in [0.5, 0.6) is 0 Å². The van der Waals surface area contributed by atoms with Gasteiger partial charge in [-0.1, -0.05) is 48.5 Å². The monoisotopic (exact) mass is 456 g/mol. The second-order valence-electron chi connectivity index (χ2n) is 8.60. The zero-order valence-corrected chi connectivity index (χ0v) is 19.4. The van der Waals surface area contributed by atoms with E-state index in [1.807, 2.05) is 4.90 Å². The molecule has 0 aliphatic carbocycles. The van der Waals surface area contributed by atoms with Gasteiger partial charge in [-0.05, 0) is 54.9 Å². The van der Waals surface area contributed by atoms with Crippen LogP contribution in [0.15, 0.2) is 48.5 Å². The van der Waals surface area contributed by atoms with Crippen LogP contribution in [0.25, 0.3) is 11.1 Å². The van der Waals surface area contributed by atoms with Gasteiger partial charge in [0.15, 0.2) is 0 Å². The number of amides is 1. The maximum absolute atomic E-state index is 13.0. The predicted octanol–water partition coefficient (Wildman–Crippen LogP) is 3.16. The van der Waals surface area contributed by atoms with Gasteiger partial charge in [0.1, 0.15) is 0 Å². The van der Waals surface area contributed by atoms with Crippen LogP contribution in [0.1, 0.15) is 37.3 Å². The first-order valence-electron chi connectivity index (χ1n) is 11.5. The second-order valence-corrected chi connectivity index (χ2v) is 10.6. The Morgan fingerprint density at radius 3 is 2.78 bits per heavy atom. The number of carbonyl (C=O) groups excluding carboxylic acids is 1. The van der Waals surface area contributed by atoms with Gasteiger partial charge in [-0.15, -0.1) is 0 Å². The van der Waals surface area contributed by atoms with E-state index in [2.05, 4.69) is 53.3 Å². The molecule has 2 aromatic carbocycles. The number of rotatable bonds is 3. The molecule has 2 aromatic rings. The van der Waals surface area contributed by atoms with Crippen molar-refractivity contribution in [1.29, 1.82) is 0 Å². The lowest BCUT2D eigenvalue weighted by Crippen LogP contribution is -2.48. The molecule has 2 aliphatic rings. The fraction of sp³-hybridized carbons (Fsp3) is 0.480. The fourth-order valence-corrected chi connectivity index (χ4v) is 5.67. The minimum atomic E-state index is -3.36. The topological polar surface area (TPSA) is 75.7 Å². The fourth-order valence-electron chi connectivity index (χ4n) is 4.76. The molecule has 4 rings (SSSR count). The molecule has 172 valence electrons. The third kappa shape index (κ3) is 5.39. The van der Waals surface area contributed by atoms with Gasteiger partial charge in [0.2, 0.25) is 15.9 Å². The molecule has 6 nitrogen and oxygen atoms in total. The number of hydrogen-bond acceptors (Lipinski definition) is 4. The third-order valence-corrected chi connectivity index (χ3v) is 7.89. The van der Waals surface area contributed by atoms with Crippen molar-refractivity contribution >= 4 is 15.9 Å². The molecule has 1 amide bonds. The standard InChI is InChI=1S/C25H32N2O4S/c1-2-32(29,30)26-23-12-14-27-24(23)18-19-7-5-9-21(17-19)22-11-4-3-8-20(22)10-6-15-31-16-13-25(27)28/h3-5,7-9,11,17,23-24,26H,2,6,10,12-16,18H2,1H3. The van der Waals surface area contributed by atoms with Crippen LogP contribution in [-0.2, 0) is 32.4 Å². The van der Waals surface area contributed by atoms with Gasteiger partial charge in [0.25, 0.3) is 0 Å². The Hall–Kier alpha value is -2.22. The van der Waals surface area contributed by atoms with Crippen molar-refractivity contribution in [3.8, 4) is 11.1 Å². The largest absolute Gasteiger partial charge is 0.381 e. The number of ether oxygens (including phenoxy) is 1. The summed E-state index contributed by atoms with van der Waals surface area (Å²) in [6, 6.07) is 16.4. The molecule has 2 heterocycles. The van der Waals surface area contributed by atoms with Crippen molar-refractivity contribution in [2.45, 2.75) is 51.1 Å². The minimum absolute atomic E-state index is 0.0301. The summed E-state index contributed by atoms with van der Waals surface area (Å²) in [7, 11) is -3.36. The molecule has 2 atom stereocenters. The zero-order valence-electron chi connectivity index (χ0n) is 18.6. The van der Waals surface area contributed by atoms with Crippen molar-refractivity contribution in [1.82, 2.24) is 9.62 Å². The molecule has 2 aliphatic heterocycles. The highest BCUT2D eigenvalue weighted by molar-refractivity contribution is 7.89. The van der Waals surface area contributed by atoms with Crippen molar-refractivity contribution in [3.63, 3.8) is 0 Å². The highest BCUT2D eigenvalue weighted by Gasteiger charge is 2.38. The summed E-state index contributed by atoms with van der Waals surface area (Å²) >= 11 is 0. The van der Waals surface area contributed by atoms with Gasteiger partial charge in [0.05, 0.1) is 24.8 Å². The van der Waals surface area contributed by atoms with E-state index in [0.717, 1.165) is 24.0 Å². The molecule has 1 saturated heterocycles. The van der Waals surface area contributed by atoms with Crippen LogP contribution in [0.2, 0.25) is 0 Å². The van der Waals surface area contributed by atoms with E-state index in [4.69, 9.17) is 4.74 Å². The van der Waals surface area contributed by atoms with E-state index in [1.54, 1.807) is 6.92 Å². The maximum Gasteiger partial charge on any atom is 0.225 e. The molecule has 0 spiro atoms. The number of nitrogens with zero attached hydrogens (tertiary/aromatic N) is 1. The minimum Gasteiger partial charge on any atom is -0.381 e. The Kier molecular flexibility index (Phi) is 7.28. The normalized spacial score (nSPS) is 22.5. The SMILES string of the molecule is CCS(=O)(=O)NC1CCN2C(=O)CCOCCCc3ccccc3-c3cccc(c3)CC12. The molecule has 0 radical (unpaired) electrons. The average molecular weight is 457 g/mol. The summed E-state index contributed by atoms with van der Waals surface area (Å²) in [5.41, 5.74) is 4.76. The Balaban J connectivity index is 1.68. The first-order chi connectivity index (χ1) is 15.5. The number of fused-ring (bicyclic) bond motifs is 5. The Morgan fingerprint density at radius 1 is 1.09 bits per heavy atom. The van der Waals surface area contributed by atoms with Gasteiger partial charge in [0, 0.05) is 19.2 Å². The molecule has 2 bridgehead atoms. The Bertz CT molecular complexity index is 1050. The van der Waals surface area contributed by atoms with E-state index in [-0.39, 0.29) is 23.7 Å². The zero-order chi connectivity index (χ0) is 22.6. The van der Waals surface area contributed by atoms with Crippen LogP contribution < -0.4 is 4.72 Å². The highest BCUT2D eigenvalue weighted by atomic mass is 32.2. The number of hydrogen-bond donors (Lipinski definition) is 1. The Labute approximate surface area is 191 Å². The summed E-state index contributed by atoms with van der Waals surface area (Å²) in [5.74, 6) is 0.0621. The van der Waals surface area contributed by atoms with E-state index in [9.17, 15) is 13.2 Å². The van der Waals surface area contributed by atoms with Crippen LogP contribution in [0.4, 0.5) is 0 Å². The summed E-state index contributed by atoms with van der Waals surface area (Å²) in [6.07, 6.45) is 3.38. The number of nitrogens with one attached hydrogen (secondary N) is 1. The van der Waals surface area contributed by atoms with E-state index < -0.39 is 10.0 Å². The molecule has 7 heteroatoms. The van der Waals surface area contributed by atoms with E-state index in [1.165, 1.54) is 11.1 Å². The van der Waals surface area contributed by atoms with Crippen LogP contribution in [-0.4, -0.2) is 56.8 Å². The molecule has 0 aromatic heterocycles. The lowest BCUT2D eigenvalue weighted by Gasteiger charge is -2.29. The van der Waals surface area contributed by atoms with Crippen molar-refractivity contribution < 1.29 is 17.9 Å². The van der Waals surface area contributed by atoms with Crippen LogP contribution in [0, 0.1) is 0 Å². The Morgan fingerprint density at radius 2 is 1.94 bits per heavy atom. The number of carbonyl (C=O) groups is 1. The lowest BCUT2D eigenvalue weighted by molar-refractivity contribution is -0.133. The molecule has 0 saturated carbocycles. The quantitative estimate of drug-likeness (QED) is 0.770. The predicted molar refractivity (Wildman–Crippen MR) is 126 cm³/mol. The van der Waals surface area contributed by atoms with Gasteiger partial charge < -0.3 is 9.64 Å². The maximum atomic E-state index is 13.0. The average Bonchev–Trinajstić information content (AvgIpc) is 3.17. The van der Waals surface area contributed by atoms with Crippen molar-refractivity contribution in [2.75, 3.05) is 25.5 Å². The van der Waals surface area contributed by atoms with E-state index >= 15 is 0 Å². The first kappa shape index (κ1) is 23.0. The molecule has 32 heavy (non-hydrogen) atoms. The summed E-state index contributed by atoms with van der Waals surface area (Å²) in [4.78, 5) is 14.8. The van der Waals surface area contributed by atoms with Crippen LogP contribution >= 0.6 is 0 Å². The first-order valence-corrected chi connectivity index (χ1v) is 13.2. The smallest absolute Gasteiger partial charge is 0.225 e. The molecule has 1 fully saturated rings. The van der Waals surface area contributed by atoms with Crippen LogP contribution in [0.3, 0.4) is 0 Å². The van der Waals surface area contributed by atoms with Gasteiger partial charge >= 0.3 is 0 Å². The number of benzene rings is 2. The van der Waals surface area contributed by atoms with Gasteiger partial charge in [-0.3, -0.25) is 4.79 Å². The lowest BCUT2D eigenvalue weighted by atomic mass is 9.93. The summed E-state index contributed by atoms with van der Waals surface area (Å²) < 4.78 is 33.2. The van der Waals surface area contributed by atoms with E-state index in [0.29, 0.717) is 39.0 Å².